The summed E-state index contributed by atoms with van der Waals surface area (Å²) in [6.45, 7) is 6.03. The minimum Gasteiger partial charge on any atom is -0.466 e. The average Bonchev–Trinajstić information content (AvgIpc) is 2.16. The van der Waals surface area contributed by atoms with Crippen LogP contribution in [-0.4, -0.2) is 18.4 Å². The van der Waals surface area contributed by atoms with Crippen molar-refractivity contribution in [3.8, 4) is 0 Å². The molecule has 0 unspecified atom stereocenters. The van der Waals surface area contributed by atoms with E-state index in [1.54, 1.807) is 13.0 Å². The molecule has 0 aliphatic heterocycles. The number of ether oxygens (including phenoxy) is 1. The van der Waals surface area contributed by atoms with Gasteiger partial charge in [-0.2, -0.15) is 0 Å². The van der Waals surface area contributed by atoms with Crippen molar-refractivity contribution in [1.29, 1.82) is 0 Å². The Labute approximate surface area is 90.5 Å². The van der Waals surface area contributed by atoms with E-state index in [1.165, 1.54) is 0 Å². The zero-order valence-electron chi connectivity index (χ0n) is 9.58. The molecule has 2 atom stereocenters. The Hall–Kier alpha value is -1.12. The summed E-state index contributed by atoms with van der Waals surface area (Å²) in [5, 5.41) is 0. The Balaban J connectivity index is 2.86. The molecule has 0 N–H and O–H groups in total. The van der Waals surface area contributed by atoms with Crippen molar-refractivity contribution in [3.05, 3.63) is 11.6 Å². The van der Waals surface area contributed by atoms with E-state index in [-0.39, 0.29) is 23.6 Å². The molecule has 0 amide bonds. The van der Waals surface area contributed by atoms with Gasteiger partial charge in [-0.05, 0) is 25.8 Å². The zero-order chi connectivity index (χ0) is 11.4. The van der Waals surface area contributed by atoms with E-state index in [2.05, 4.69) is 0 Å². The number of esters is 1. The maximum absolute atomic E-state index is 11.7. The van der Waals surface area contributed by atoms with Gasteiger partial charge in [-0.25, -0.2) is 0 Å². The predicted octanol–water partition coefficient (Wildman–Crippen LogP) is 2.11. The molecule has 0 aromatic carbocycles. The second kappa shape index (κ2) is 5.10. The maximum atomic E-state index is 11.7. The van der Waals surface area contributed by atoms with E-state index in [9.17, 15) is 9.59 Å². The summed E-state index contributed by atoms with van der Waals surface area (Å²) in [6, 6.07) is 0. The molecule has 0 heterocycles. The van der Waals surface area contributed by atoms with Crippen LogP contribution in [0.1, 0.15) is 33.6 Å². The first-order valence-electron chi connectivity index (χ1n) is 5.47. The fourth-order valence-corrected chi connectivity index (χ4v) is 2.14. The van der Waals surface area contributed by atoms with Gasteiger partial charge in [0.1, 0.15) is 0 Å². The van der Waals surface area contributed by atoms with Crippen molar-refractivity contribution in [1.82, 2.24) is 0 Å². The van der Waals surface area contributed by atoms with E-state index in [1.807, 2.05) is 13.8 Å². The van der Waals surface area contributed by atoms with Crippen LogP contribution < -0.4 is 0 Å². The summed E-state index contributed by atoms with van der Waals surface area (Å²) in [7, 11) is 0. The van der Waals surface area contributed by atoms with Crippen LogP contribution in [0.4, 0.5) is 0 Å². The third-order valence-electron chi connectivity index (χ3n) is 2.88. The van der Waals surface area contributed by atoms with Gasteiger partial charge < -0.3 is 4.74 Å². The standard InChI is InChI=1S/C12H18O3/c1-4-9-7-10(13)6-8(3)11(9)12(14)15-5-2/h6,9,11H,4-5,7H2,1-3H3/t9-,11+/m1/s1. The molecule has 1 aliphatic carbocycles. The quantitative estimate of drug-likeness (QED) is 0.670. The molecule has 3 nitrogen and oxygen atoms in total. The van der Waals surface area contributed by atoms with Crippen LogP contribution in [0.15, 0.2) is 11.6 Å². The highest BCUT2D eigenvalue weighted by molar-refractivity contribution is 5.94. The molecule has 0 bridgehead atoms. The Bertz CT molecular complexity index is 291. The molecule has 0 saturated carbocycles. The molecule has 0 saturated heterocycles. The van der Waals surface area contributed by atoms with Gasteiger partial charge in [0.25, 0.3) is 0 Å². The van der Waals surface area contributed by atoms with Crippen LogP contribution in [-0.2, 0) is 14.3 Å². The van der Waals surface area contributed by atoms with Gasteiger partial charge in [-0.1, -0.05) is 18.9 Å². The van der Waals surface area contributed by atoms with Gasteiger partial charge in [-0.3, -0.25) is 9.59 Å². The molecule has 1 aliphatic rings. The minimum absolute atomic E-state index is 0.113. The number of hydrogen-bond acceptors (Lipinski definition) is 3. The van der Waals surface area contributed by atoms with Crippen LogP contribution in [0.2, 0.25) is 0 Å². The summed E-state index contributed by atoms with van der Waals surface area (Å²) in [6.07, 6.45) is 2.88. The lowest BCUT2D eigenvalue weighted by atomic mass is 9.77. The fraction of sp³-hybridized carbons (Fsp3) is 0.667. The number of carbonyl (C=O) groups is 2. The Kier molecular flexibility index (Phi) is 4.06. The van der Waals surface area contributed by atoms with Crippen LogP contribution in [0.25, 0.3) is 0 Å². The Morgan fingerprint density at radius 3 is 2.73 bits per heavy atom. The van der Waals surface area contributed by atoms with Gasteiger partial charge >= 0.3 is 5.97 Å². The van der Waals surface area contributed by atoms with Crippen molar-refractivity contribution in [2.45, 2.75) is 33.6 Å². The molecule has 1 rings (SSSR count). The van der Waals surface area contributed by atoms with Crippen molar-refractivity contribution < 1.29 is 14.3 Å². The van der Waals surface area contributed by atoms with Crippen LogP contribution in [0.3, 0.4) is 0 Å². The van der Waals surface area contributed by atoms with Gasteiger partial charge in [0, 0.05) is 6.42 Å². The molecule has 0 aromatic heterocycles. The van der Waals surface area contributed by atoms with Crippen molar-refractivity contribution in [2.75, 3.05) is 6.61 Å². The van der Waals surface area contributed by atoms with Crippen molar-refractivity contribution in [2.24, 2.45) is 11.8 Å². The number of rotatable bonds is 3. The second-order valence-corrected chi connectivity index (χ2v) is 3.96. The highest BCUT2D eigenvalue weighted by Crippen LogP contribution is 2.32. The lowest BCUT2D eigenvalue weighted by Crippen LogP contribution is -2.31. The first-order chi connectivity index (χ1) is 7.10. The molecule has 0 radical (unpaired) electrons. The summed E-state index contributed by atoms with van der Waals surface area (Å²) in [5.41, 5.74) is 0.844. The summed E-state index contributed by atoms with van der Waals surface area (Å²) in [5.74, 6) is -0.167. The summed E-state index contributed by atoms with van der Waals surface area (Å²) >= 11 is 0. The highest BCUT2D eigenvalue weighted by atomic mass is 16.5. The topological polar surface area (TPSA) is 43.4 Å². The van der Waals surface area contributed by atoms with Crippen LogP contribution >= 0.6 is 0 Å². The Morgan fingerprint density at radius 1 is 1.53 bits per heavy atom. The van der Waals surface area contributed by atoms with E-state index in [0.717, 1.165) is 12.0 Å². The third-order valence-corrected chi connectivity index (χ3v) is 2.88. The second-order valence-electron chi connectivity index (χ2n) is 3.96. The van der Waals surface area contributed by atoms with E-state index in [0.29, 0.717) is 13.0 Å². The van der Waals surface area contributed by atoms with Gasteiger partial charge in [-0.15, -0.1) is 0 Å². The van der Waals surface area contributed by atoms with E-state index >= 15 is 0 Å². The van der Waals surface area contributed by atoms with Gasteiger partial charge in [0.05, 0.1) is 12.5 Å². The number of ketones is 1. The molecule has 15 heavy (non-hydrogen) atoms. The minimum atomic E-state index is -0.215. The van der Waals surface area contributed by atoms with Crippen molar-refractivity contribution >= 4 is 11.8 Å². The lowest BCUT2D eigenvalue weighted by Gasteiger charge is -2.27. The molecular formula is C12H18O3. The largest absolute Gasteiger partial charge is 0.466 e. The zero-order valence-corrected chi connectivity index (χ0v) is 9.58. The summed E-state index contributed by atoms with van der Waals surface area (Å²) < 4.78 is 5.03. The van der Waals surface area contributed by atoms with Crippen LogP contribution in [0, 0.1) is 11.8 Å². The lowest BCUT2D eigenvalue weighted by molar-refractivity contribution is -0.148. The molecule has 0 fully saturated rings. The van der Waals surface area contributed by atoms with Crippen LogP contribution in [0.5, 0.6) is 0 Å². The Morgan fingerprint density at radius 2 is 2.20 bits per heavy atom. The number of carbonyl (C=O) groups excluding carboxylic acids is 2. The van der Waals surface area contributed by atoms with E-state index < -0.39 is 0 Å². The molecule has 84 valence electrons. The average molecular weight is 210 g/mol. The molecule has 3 heteroatoms. The first-order valence-corrected chi connectivity index (χ1v) is 5.47. The smallest absolute Gasteiger partial charge is 0.313 e. The van der Waals surface area contributed by atoms with Crippen molar-refractivity contribution in [3.63, 3.8) is 0 Å². The number of allylic oxidation sites excluding steroid dienone is 1. The number of hydrogen-bond donors (Lipinski definition) is 0. The third kappa shape index (κ3) is 2.67. The first kappa shape index (κ1) is 12.0. The molecule has 0 spiro atoms. The van der Waals surface area contributed by atoms with Gasteiger partial charge in [0.2, 0.25) is 0 Å². The molecular weight excluding hydrogens is 192 g/mol. The predicted molar refractivity (Wildman–Crippen MR) is 57.3 cm³/mol. The molecule has 0 aromatic rings. The normalized spacial score (nSPS) is 26.1. The SMILES string of the molecule is CCOC(=O)[C@H]1C(C)=CC(=O)C[C@H]1CC. The maximum Gasteiger partial charge on any atom is 0.313 e. The summed E-state index contributed by atoms with van der Waals surface area (Å²) in [4.78, 5) is 23.1. The highest BCUT2D eigenvalue weighted by Gasteiger charge is 2.34. The fourth-order valence-electron chi connectivity index (χ4n) is 2.14. The monoisotopic (exact) mass is 210 g/mol. The van der Waals surface area contributed by atoms with E-state index in [4.69, 9.17) is 4.74 Å². The van der Waals surface area contributed by atoms with Gasteiger partial charge in [0.15, 0.2) is 5.78 Å².